The van der Waals surface area contributed by atoms with E-state index in [0.717, 1.165) is 30.3 Å². The monoisotopic (exact) mass is 304 g/mol. The summed E-state index contributed by atoms with van der Waals surface area (Å²) >= 11 is 0. The van der Waals surface area contributed by atoms with Crippen LogP contribution in [-0.4, -0.2) is 30.7 Å². The average molecular weight is 304 g/mol. The molecule has 1 aliphatic heterocycles. The molecule has 1 aromatic rings. The highest BCUT2D eigenvalue weighted by molar-refractivity contribution is 5.66. The minimum absolute atomic E-state index is 0.178. The number of likely N-dealkylation sites (N-methyl/N-ethyl adjacent to an activating group) is 1. The van der Waals surface area contributed by atoms with Gasteiger partial charge in [0.2, 0.25) is 0 Å². The van der Waals surface area contributed by atoms with Gasteiger partial charge in [-0.15, -0.1) is 0 Å². The maximum absolute atomic E-state index is 10.6. The van der Waals surface area contributed by atoms with Crippen LogP contribution in [0.4, 0.5) is 5.69 Å². The van der Waals surface area contributed by atoms with E-state index in [1.807, 2.05) is 0 Å². The third kappa shape index (κ3) is 2.91. The predicted molar refractivity (Wildman–Crippen MR) is 92.4 cm³/mol. The van der Waals surface area contributed by atoms with Gasteiger partial charge >= 0.3 is 5.97 Å². The Labute approximate surface area is 134 Å². The molecule has 3 nitrogen and oxygen atoms in total. The number of rotatable bonds is 6. The Hall–Kier alpha value is -1.35. The Kier molecular flexibility index (Phi) is 4.67. The van der Waals surface area contributed by atoms with E-state index in [1.54, 1.807) is 0 Å². The lowest BCUT2D eigenvalue weighted by Crippen LogP contribution is -2.54. The predicted octanol–water partition coefficient (Wildman–Crippen LogP) is 4.26. The van der Waals surface area contributed by atoms with Gasteiger partial charge in [0.1, 0.15) is 11.7 Å². The van der Waals surface area contributed by atoms with Crippen molar-refractivity contribution in [3.8, 4) is 0 Å². The molecular formula is C19H30NO2+. The Morgan fingerprint density at radius 3 is 2.59 bits per heavy atom. The van der Waals surface area contributed by atoms with Crippen LogP contribution in [0.5, 0.6) is 0 Å². The van der Waals surface area contributed by atoms with Crippen LogP contribution in [-0.2, 0) is 10.2 Å². The van der Waals surface area contributed by atoms with Crippen LogP contribution in [0.15, 0.2) is 18.2 Å². The highest BCUT2D eigenvalue weighted by atomic mass is 16.4. The molecule has 0 aromatic heterocycles. The summed E-state index contributed by atoms with van der Waals surface area (Å²) in [7, 11) is 2.34. The quantitative estimate of drug-likeness (QED) is 0.630. The fraction of sp³-hybridized carbons (Fsp3) is 0.632. The van der Waals surface area contributed by atoms with E-state index in [-0.39, 0.29) is 5.41 Å². The first-order valence-corrected chi connectivity index (χ1v) is 8.38. The van der Waals surface area contributed by atoms with Gasteiger partial charge in [0.05, 0.1) is 13.6 Å². The third-order valence-electron chi connectivity index (χ3n) is 5.81. The van der Waals surface area contributed by atoms with Crippen molar-refractivity contribution in [2.75, 3.05) is 13.6 Å². The third-order valence-corrected chi connectivity index (χ3v) is 5.81. The molecule has 22 heavy (non-hydrogen) atoms. The van der Waals surface area contributed by atoms with Gasteiger partial charge in [-0.1, -0.05) is 11.6 Å². The van der Waals surface area contributed by atoms with Gasteiger partial charge in [-0.2, -0.15) is 0 Å². The molecule has 0 bridgehead atoms. The number of benzene rings is 1. The molecule has 1 N–H and O–H groups in total. The summed E-state index contributed by atoms with van der Waals surface area (Å²) < 4.78 is 0.968. The fourth-order valence-corrected chi connectivity index (χ4v) is 3.96. The van der Waals surface area contributed by atoms with Crippen molar-refractivity contribution in [1.29, 1.82) is 0 Å². The Balaban J connectivity index is 2.15. The van der Waals surface area contributed by atoms with Crippen LogP contribution < -0.4 is 4.48 Å². The zero-order valence-electron chi connectivity index (χ0n) is 14.6. The lowest BCUT2D eigenvalue weighted by atomic mass is 9.80. The first kappa shape index (κ1) is 17.0. The van der Waals surface area contributed by atoms with Gasteiger partial charge in [-0.05, 0) is 59.1 Å². The van der Waals surface area contributed by atoms with E-state index < -0.39 is 5.97 Å². The van der Waals surface area contributed by atoms with E-state index in [9.17, 15) is 4.79 Å². The summed E-state index contributed by atoms with van der Waals surface area (Å²) in [6.45, 7) is 10.3. The minimum Gasteiger partial charge on any atom is -0.481 e. The van der Waals surface area contributed by atoms with E-state index in [0.29, 0.717) is 12.5 Å². The van der Waals surface area contributed by atoms with Crippen LogP contribution in [0, 0.1) is 6.92 Å². The van der Waals surface area contributed by atoms with Gasteiger partial charge in [-0.3, -0.25) is 9.28 Å². The summed E-state index contributed by atoms with van der Waals surface area (Å²) in [6.07, 6.45) is 3.15. The molecule has 0 aliphatic carbocycles. The molecule has 0 radical (unpaired) electrons. The average Bonchev–Trinajstić information content (AvgIpc) is 2.58. The number of aliphatic carboxylic acids is 1. The van der Waals surface area contributed by atoms with E-state index in [2.05, 4.69) is 52.9 Å². The lowest BCUT2D eigenvalue weighted by molar-refractivity contribution is -0.137. The summed E-state index contributed by atoms with van der Waals surface area (Å²) in [5.74, 6) is -0.683. The van der Waals surface area contributed by atoms with Gasteiger partial charge in [0, 0.05) is 17.4 Å². The van der Waals surface area contributed by atoms with Crippen molar-refractivity contribution < 1.29 is 9.90 Å². The SMILES string of the molecule is Cc1ccc2c(c1)C(C)(C)C(C)[N+]2(C)CCCCCC(=O)O. The van der Waals surface area contributed by atoms with E-state index in [4.69, 9.17) is 5.11 Å². The number of hydrogen-bond acceptors (Lipinski definition) is 1. The number of hydrogen-bond donors (Lipinski definition) is 1. The van der Waals surface area contributed by atoms with Gasteiger partial charge in [0.25, 0.3) is 0 Å². The second kappa shape index (κ2) is 6.04. The van der Waals surface area contributed by atoms with Crippen LogP contribution in [0.3, 0.4) is 0 Å². The van der Waals surface area contributed by atoms with Crippen LogP contribution >= 0.6 is 0 Å². The summed E-state index contributed by atoms with van der Waals surface area (Å²) in [5, 5.41) is 8.74. The number of fused-ring (bicyclic) bond motifs is 1. The van der Waals surface area contributed by atoms with Crippen molar-refractivity contribution in [3.63, 3.8) is 0 Å². The molecule has 122 valence electrons. The maximum atomic E-state index is 10.6. The Morgan fingerprint density at radius 1 is 1.27 bits per heavy atom. The molecule has 0 saturated carbocycles. The van der Waals surface area contributed by atoms with Crippen molar-refractivity contribution in [1.82, 2.24) is 4.48 Å². The molecule has 2 atom stereocenters. The molecule has 1 aliphatic rings. The molecule has 2 rings (SSSR count). The largest absolute Gasteiger partial charge is 0.481 e. The van der Waals surface area contributed by atoms with Gasteiger partial charge < -0.3 is 5.11 Å². The summed E-state index contributed by atoms with van der Waals surface area (Å²) in [4.78, 5) is 10.6. The van der Waals surface area contributed by atoms with Crippen molar-refractivity contribution in [3.05, 3.63) is 29.3 Å². The van der Waals surface area contributed by atoms with Gasteiger partial charge in [0.15, 0.2) is 0 Å². The smallest absolute Gasteiger partial charge is 0.303 e. The molecule has 2 unspecified atom stereocenters. The van der Waals surface area contributed by atoms with E-state index in [1.165, 1.54) is 16.8 Å². The Bertz CT molecular complexity index is 565. The topological polar surface area (TPSA) is 37.3 Å². The first-order chi connectivity index (χ1) is 10.2. The van der Waals surface area contributed by atoms with Crippen molar-refractivity contribution in [2.24, 2.45) is 0 Å². The highest BCUT2D eigenvalue weighted by Gasteiger charge is 2.52. The number of carbonyl (C=O) groups is 1. The fourth-order valence-electron chi connectivity index (χ4n) is 3.96. The van der Waals surface area contributed by atoms with Crippen LogP contribution in [0.1, 0.15) is 57.6 Å². The second-order valence-electron chi connectivity index (χ2n) is 7.61. The molecular weight excluding hydrogens is 274 g/mol. The molecule has 1 aromatic carbocycles. The minimum atomic E-state index is -0.683. The first-order valence-electron chi connectivity index (χ1n) is 8.38. The molecule has 1 heterocycles. The molecule has 0 spiro atoms. The Morgan fingerprint density at radius 2 is 1.95 bits per heavy atom. The van der Waals surface area contributed by atoms with Gasteiger partial charge in [-0.25, -0.2) is 0 Å². The van der Waals surface area contributed by atoms with Crippen LogP contribution in [0.2, 0.25) is 0 Å². The zero-order chi connectivity index (χ0) is 16.5. The summed E-state index contributed by atoms with van der Waals surface area (Å²) in [5.41, 5.74) is 4.43. The maximum Gasteiger partial charge on any atom is 0.303 e. The van der Waals surface area contributed by atoms with E-state index >= 15 is 0 Å². The highest BCUT2D eigenvalue weighted by Crippen LogP contribution is 2.49. The molecule has 0 fully saturated rings. The number of unbranched alkanes of at least 4 members (excludes halogenated alkanes) is 2. The van der Waals surface area contributed by atoms with Crippen molar-refractivity contribution >= 4 is 11.7 Å². The molecule has 3 heteroatoms. The zero-order valence-corrected chi connectivity index (χ0v) is 14.6. The number of carboxylic acid groups (broad SMARTS) is 1. The number of nitrogens with zero attached hydrogens (tertiary/aromatic N) is 1. The molecule has 0 saturated heterocycles. The summed E-state index contributed by atoms with van der Waals surface area (Å²) in [6, 6.07) is 7.39. The lowest BCUT2D eigenvalue weighted by Gasteiger charge is -2.38. The van der Waals surface area contributed by atoms with Crippen LogP contribution in [0.25, 0.3) is 0 Å². The van der Waals surface area contributed by atoms with Crippen molar-refractivity contribution in [2.45, 2.75) is 64.8 Å². The standard InChI is InChI=1S/C19H29NO2/c1-14-10-11-17-16(13-14)19(3,4)15(2)20(17,5)12-8-6-7-9-18(21)22/h10-11,13,15H,6-9,12H2,1-5H3/p+1. The normalized spacial score (nSPS) is 26.0. The second-order valence-corrected chi connectivity index (χ2v) is 7.61. The number of carboxylic acids is 1. The number of aryl methyl sites for hydroxylation is 1. The molecule has 0 amide bonds. The number of quaternary nitrogens is 1.